The van der Waals surface area contributed by atoms with E-state index in [0.717, 1.165) is 22.6 Å². The summed E-state index contributed by atoms with van der Waals surface area (Å²) in [4.78, 5) is 13.3. The monoisotopic (exact) mass is 367 g/mol. The van der Waals surface area contributed by atoms with Gasteiger partial charge in [-0.25, -0.2) is 0 Å². The predicted molar refractivity (Wildman–Crippen MR) is 93.1 cm³/mol. The van der Waals surface area contributed by atoms with Crippen LogP contribution >= 0.6 is 0 Å². The molecule has 0 aromatic heterocycles. The average molecular weight is 367 g/mol. The van der Waals surface area contributed by atoms with Gasteiger partial charge in [-0.1, -0.05) is 24.3 Å². The van der Waals surface area contributed by atoms with Gasteiger partial charge in [0.05, 0.1) is 25.4 Å². The number of methoxy groups -OCH3 is 1. The molecule has 0 aliphatic heterocycles. The number of rotatable bonds is 6. The zero-order valence-corrected chi connectivity index (χ0v) is 14.9. The SMILES string of the molecule is COc1ccccc1NC(=O)[C@@H](C)[NH+](C)Cc1ccc(C(F)(F)F)cc1. The van der Waals surface area contributed by atoms with Crippen molar-refractivity contribution >= 4 is 11.6 Å². The summed E-state index contributed by atoms with van der Waals surface area (Å²) < 4.78 is 43.1. The molecule has 0 radical (unpaired) electrons. The number of alkyl halides is 3. The molecule has 2 rings (SSSR count). The number of hydrogen-bond acceptors (Lipinski definition) is 2. The molecule has 0 spiro atoms. The van der Waals surface area contributed by atoms with Crippen molar-refractivity contribution in [3.05, 3.63) is 59.7 Å². The van der Waals surface area contributed by atoms with Gasteiger partial charge < -0.3 is 15.0 Å². The summed E-state index contributed by atoms with van der Waals surface area (Å²) in [6.45, 7) is 2.20. The van der Waals surface area contributed by atoms with E-state index in [1.165, 1.54) is 19.2 Å². The number of nitrogens with one attached hydrogen (secondary N) is 2. The Morgan fingerprint density at radius 1 is 1.15 bits per heavy atom. The average Bonchev–Trinajstić information content (AvgIpc) is 2.61. The number of ether oxygens (including phenoxy) is 1. The fraction of sp³-hybridized carbons (Fsp3) is 0.316. The molecule has 2 aromatic carbocycles. The molecule has 2 aromatic rings. The minimum Gasteiger partial charge on any atom is -0.495 e. The van der Waals surface area contributed by atoms with Gasteiger partial charge in [0.25, 0.3) is 5.91 Å². The van der Waals surface area contributed by atoms with Crippen LogP contribution in [0.25, 0.3) is 0 Å². The lowest BCUT2D eigenvalue weighted by Crippen LogP contribution is -3.12. The summed E-state index contributed by atoms with van der Waals surface area (Å²) in [6.07, 6.45) is -4.35. The van der Waals surface area contributed by atoms with Gasteiger partial charge in [0.1, 0.15) is 12.3 Å². The van der Waals surface area contributed by atoms with Gasteiger partial charge in [0.15, 0.2) is 6.04 Å². The molecular weight excluding hydrogens is 345 g/mol. The van der Waals surface area contributed by atoms with Crippen molar-refractivity contribution in [3.8, 4) is 5.75 Å². The Hall–Kier alpha value is -2.54. The van der Waals surface area contributed by atoms with E-state index < -0.39 is 17.8 Å². The van der Waals surface area contributed by atoms with Gasteiger partial charge in [-0.2, -0.15) is 13.2 Å². The third kappa shape index (κ3) is 4.98. The summed E-state index contributed by atoms with van der Waals surface area (Å²) in [5.74, 6) is 0.368. The quantitative estimate of drug-likeness (QED) is 0.825. The second kappa shape index (κ2) is 8.23. The molecule has 2 N–H and O–H groups in total. The minimum atomic E-state index is -4.35. The number of amides is 1. The van der Waals surface area contributed by atoms with E-state index in [-0.39, 0.29) is 5.91 Å². The van der Waals surface area contributed by atoms with Gasteiger partial charge in [0, 0.05) is 5.56 Å². The number of carbonyl (C=O) groups is 1. The zero-order valence-electron chi connectivity index (χ0n) is 14.9. The van der Waals surface area contributed by atoms with E-state index in [1.54, 1.807) is 31.2 Å². The Morgan fingerprint density at radius 3 is 2.35 bits per heavy atom. The highest BCUT2D eigenvalue weighted by molar-refractivity contribution is 5.94. The Balaban J connectivity index is 2.00. The molecule has 0 aliphatic carbocycles. The van der Waals surface area contributed by atoms with E-state index in [9.17, 15) is 18.0 Å². The Labute approximate surface area is 150 Å². The number of hydrogen-bond donors (Lipinski definition) is 2. The van der Waals surface area contributed by atoms with Crippen LogP contribution in [0.4, 0.5) is 18.9 Å². The standard InChI is InChI=1S/C19H21F3N2O2/c1-13(18(25)23-16-6-4-5-7-17(16)26-3)24(2)12-14-8-10-15(11-9-14)19(20,21)22/h4-11,13H,12H2,1-3H3,(H,23,25)/p+1/t13-/m1/s1. The van der Waals surface area contributed by atoms with E-state index in [4.69, 9.17) is 4.74 Å². The molecule has 1 unspecified atom stereocenters. The molecular formula is C19H22F3N2O2+. The molecule has 140 valence electrons. The number of para-hydroxylation sites is 2. The van der Waals surface area contributed by atoms with Crippen molar-refractivity contribution in [2.24, 2.45) is 0 Å². The van der Waals surface area contributed by atoms with Gasteiger partial charge >= 0.3 is 6.18 Å². The van der Waals surface area contributed by atoms with Gasteiger partial charge in [-0.15, -0.1) is 0 Å². The second-order valence-corrected chi connectivity index (χ2v) is 6.13. The van der Waals surface area contributed by atoms with Crippen molar-refractivity contribution in [2.75, 3.05) is 19.5 Å². The number of likely N-dealkylation sites (N-methyl/N-ethyl adjacent to an activating group) is 1. The Kier molecular flexibility index (Phi) is 6.26. The fourth-order valence-electron chi connectivity index (χ4n) is 2.50. The molecule has 0 heterocycles. The molecule has 26 heavy (non-hydrogen) atoms. The van der Waals surface area contributed by atoms with Crippen LogP contribution in [0.1, 0.15) is 18.1 Å². The molecule has 0 saturated carbocycles. The Bertz CT molecular complexity index is 745. The summed E-state index contributed by atoms with van der Waals surface area (Å²) in [5.41, 5.74) is 0.627. The summed E-state index contributed by atoms with van der Waals surface area (Å²) in [7, 11) is 3.35. The lowest BCUT2D eigenvalue weighted by Gasteiger charge is -2.22. The Morgan fingerprint density at radius 2 is 1.77 bits per heavy atom. The third-order valence-electron chi connectivity index (χ3n) is 4.26. The molecule has 1 amide bonds. The van der Waals surface area contributed by atoms with Gasteiger partial charge in [-0.05, 0) is 31.2 Å². The summed E-state index contributed by atoms with van der Waals surface area (Å²) in [6, 6.07) is 11.7. The first-order valence-electron chi connectivity index (χ1n) is 8.14. The topological polar surface area (TPSA) is 42.8 Å². The van der Waals surface area contributed by atoms with Crippen molar-refractivity contribution in [3.63, 3.8) is 0 Å². The maximum Gasteiger partial charge on any atom is 0.416 e. The van der Waals surface area contributed by atoms with E-state index >= 15 is 0 Å². The van der Waals surface area contributed by atoms with Crippen molar-refractivity contribution in [1.82, 2.24) is 0 Å². The fourth-order valence-corrected chi connectivity index (χ4v) is 2.50. The maximum absolute atomic E-state index is 12.6. The molecule has 7 heteroatoms. The normalized spacial score (nSPS) is 13.8. The third-order valence-corrected chi connectivity index (χ3v) is 4.26. The van der Waals surface area contributed by atoms with Crippen LogP contribution in [0, 0.1) is 0 Å². The number of carbonyl (C=O) groups excluding carboxylic acids is 1. The lowest BCUT2D eigenvalue weighted by molar-refractivity contribution is -0.907. The number of quaternary nitrogens is 1. The van der Waals surface area contributed by atoms with Gasteiger partial charge in [0.2, 0.25) is 0 Å². The first-order valence-corrected chi connectivity index (χ1v) is 8.14. The van der Waals surface area contributed by atoms with Crippen molar-refractivity contribution in [1.29, 1.82) is 0 Å². The van der Waals surface area contributed by atoms with E-state index in [2.05, 4.69) is 5.32 Å². The number of anilines is 1. The van der Waals surface area contributed by atoms with Crippen LogP contribution in [-0.4, -0.2) is 26.1 Å². The smallest absolute Gasteiger partial charge is 0.416 e. The maximum atomic E-state index is 12.6. The van der Waals surface area contributed by atoms with Crippen LogP contribution in [0.5, 0.6) is 5.75 Å². The first kappa shape index (κ1) is 19.8. The van der Waals surface area contributed by atoms with Crippen LogP contribution < -0.4 is 15.0 Å². The highest BCUT2D eigenvalue weighted by Gasteiger charge is 2.30. The minimum absolute atomic E-state index is 0.195. The van der Waals surface area contributed by atoms with Crippen molar-refractivity contribution < 1.29 is 27.6 Å². The highest BCUT2D eigenvalue weighted by atomic mass is 19.4. The number of benzene rings is 2. The molecule has 0 saturated heterocycles. The molecule has 0 aliphatic rings. The van der Waals surface area contributed by atoms with E-state index in [0.29, 0.717) is 18.0 Å². The summed E-state index contributed by atoms with van der Waals surface area (Å²) >= 11 is 0. The molecule has 4 nitrogen and oxygen atoms in total. The van der Waals surface area contributed by atoms with Crippen LogP contribution in [0.2, 0.25) is 0 Å². The molecule has 0 fully saturated rings. The highest BCUT2D eigenvalue weighted by Crippen LogP contribution is 2.29. The predicted octanol–water partition coefficient (Wildman–Crippen LogP) is 2.76. The summed E-state index contributed by atoms with van der Waals surface area (Å²) in [5, 5.41) is 2.82. The van der Waals surface area contributed by atoms with Gasteiger partial charge in [-0.3, -0.25) is 4.79 Å². The zero-order chi connectivity index (χ0) is 19.3. The molecule has 0 bridgehead atoms. The lowest BCUT2D eigenvalue weighted by atomic mass is 10.1. The molecule has 2 atom stereocenters. The first-order chi connectivity index (χ1) is 12.2. The van der Waals surface area contributed by atoms with Crippen LogP contribution in [-0.2, 0) is 17.5 Å². The second-order valence-electron chi connectivity index (χ2n) is 6.13. The van der Waals surface area contributed by atoms with E-state index in [1.807, 2.05) is 7.05 Å². The van der Waals surface area contributed by atoms with Crippen LogP contribution in [0.15, 0.2) is 48.5 Å². The van der Waals surface area contributed by atoms with Crippen LogP contribution in [0.3, 0.4) is 0 Å². The largest absolute Gasteiger partial charge is 0.495 e. The number of halogens is 3. The van der Waals surface area contributed by atoms with Crippen molar-refractivity contribution in [2.45, 2.75) is 25.7 Å².